The molecule has 1 aliphatic rings. The molecule has 32 heavy (non-hydrogen) atoms. The van der Waals surface area contributed by atoms with Crippen molar-refractivity contribution in [3.8, 4) is 0 Å². The van der Waals surface area contributed by atoms with E-state index in [1.165, 1.54) is 0 Å². The average molecular weight is 439 g/mol. The lowest BCUT2D eigenvalue weighted by Gasteiger charge is -2.26. The van der Waals surface area contributed by atoms with Gasteiger partial charge in [0.15, 0.2) is 0 Å². The zero-order chi connectivity index (χ0) is 22.8. The summed E-state index contributed by atoms with van der Waals surface area (Å²) in [5.74, 6) is -0.872. The second-order valence-corrected chi connectivity index (χ2v) is 7.86. The Kier molecular flexibility index (Phi) is 8.80. The molecule has 0 unspecified atom stereocenters. The quantitative estimate of drug-likeness (QED) is 0.574. The molecule has 1 heterocycles. The summed E-state index contributed by atoms with van der Waals surface area (Å²) in [6.45, 7) is 3.00. The predicted molar refractivity (Wildman–Crippen MR) is 119 cm³/mol. The van der Waals surface area contributed by atoms with Crippen molar-refractivity contribution in [1.82, 2.24) is 10.2 Å². The van der Waals surface area contributed by atoms with Crippen LogP contribution in [0.5, 0.6) is 0 Å². The lowest BCUT2D eigenvalue weighted by molar-refractivity contribution is -0.155. The molecule has 1 N–H and O–H groups in total. The Balaban J connectivity index is 1.39. The van der Waals surface area contributed by atoms with Gasteiger partial charge in [-0.1, -0.05) is 60.7 Å². The van der Waals surface area contributed by atoms with E-state index < -0.39 is 12.1 Å². The Labute approximate surface area is 188 Å². The van der Waals surface area contributed by atoms with Crippen LogP contribution in [-0.2, 0) is 37.1 Å². The molecule has 2 atom stereocenters. The molecule has 1 aliphatic heterocycles. The lowest BCUT2D eigenvalue weighted by Crippen LogP contribution is -2.49. The summed E-state index contributed by atoms with van der Waals surface area (Å²) in [5, 5.41) is 3.06. The predicted octanol–water partition coefficient (Wildman–Crippen LogP) is 2.83. The van der Waals surface area contributed by atoms with Crippen LogP contribution in [0.4, 0.5) is 0 Å². The Morgan fingerprint density at radius 1 is 0.969 bits per heavy atom. The molecule has 0 aliphatic carbocycles. The average Bonchev–Trinajstić information content (AvgIpc) is 3.32. The van der Waals surface area contributed by atoms with Gasteiger partial charge in [-0.3, -0.25) is 9.59 Å². The molecular formula is C25H30N2O5. The molecule has 0 radical (unpaired) electrons. The smallest absolute Gasteiger partial charge is 0.329 e. The Morgan fingerprint density at radius 2 is 1.56 bits per heavy atom. The van der Waals surface area contributed by atoms with Crippen LogP contribution >= 0.6 is 0 Å². The van der Waals surface area contributed by atoms with E-state index in [-0.39, 0.29) is 37.5 Å². The highest BCUT2D eigenvalue weighted by molar-refractivity contribution is 5.88. The molecular weight excluding hydrogens is 408 g/mol. The van der Waals surface area contributed by atoms with Crippen LogP contribution in [0.15, 0.2) is 60.7 Å². The van der Waals surface area contributed by atoms with E-state index in [1.807, 2.05) is 60.7 Å². The van der Waals surface area contributed by atoms with Crippen LogP contribution in [0, 0.1) is 0 Å². The van der Waals surface area contributed by atoms with Crippen molar-refractivity contribution in [2.24, 2.45) is 0 Å². The molecule has 2 aromatic rings. The van der Waals surface area contributed by atoms with Gasteiger partial charge in [0.05, 0.1) is 12.5 Å². The number of carbonyl (C=O) groups excluding carboxylic acids is 3. The molecule has 7 nitrogen and oxygen atoms in total. The third-order valence-corrected chi connectivity index (χ3v) is 5.42. The van der Waals surface area contributed by atoms with Gasteiger partial charge in [-0.15, -0.1) is 0 Å². The molecule has 0 aromatic heterocycles. The summed E-state index contributed by atoms with van der Waals surface area (Å²) in [7, 11) is 0. The molecule has 7 heteroatoms. The van der Waals surface area contributed by atoms with E-state index in [1.54, 1.807) is 11.8 Å². The van der Waals surface area contributed by atoms with Crippen LogP contribution in [-0.4, -0.2) is 47.9 Å². The molecule has 1 fully saturated rings. The van der Waals surface area contributed by atoms with Gasteiger partial charge in [0, 0.05) is 13.1 Å². The van der Waals surface area contributed by atoms with E-state index in [0.29, 0.717) is 19.5 Å². The Hall–Kier alpha value is -3.19. The largest absolute Gasteiger partial charge is 0.461 e. The number of hydrogen-bond acceptors (Lipinski definition) is 6. The molecule has 0 bridgehead atoms. The molecule has 1 saturated heterocycles. The monoisotopic (exact) mass is 438 g/mol. The van der Waals surface area contributed by atoms with Crippen LogP contribution < -0.4 is 5.32 Å². The zero-order valence-electron chi connectivity index (χ0n) is 18.4. The number of ether oxygens (including phenoxy) is 2. The first-order valence-electron chi connectivity index (χ1n) is 11.0. The fraction of sp³-hybridized carbons (Fsp3) is 0.400. The van der Waals surface area contributed by atoms with Crippen LogP contribution in [0.1, 0.15) is 37.3 Å². The molecule has 1 amide bonds. The third kappa shape index (κ3) is 6.92. The van der Waals surface area contributed by atoms with E-state index in [0.717, 1.165) is 17.5 Å². The highest BCUT2D eigenvalue weighted by atomic mass is 16.5. The molecule has 0 saturated carbocycles. The van der Waals surface area contributed by atoms with Gasteiger partial charge in [-0.2, -0.15) is 0 Å². The number of esters is 2. The van der Waals surface area contributed by atoms with Gasteiger partial charge in [0.25, 0.3) is 0 Å². The maximum Gasteiger partial charge on any atom is 0.329 e. The van der Waals surface area contributed by atoms with Crippen LogP contribution in [0.25, 0.3) is 0 Å². The summed E-state index contributed by atoms with van der Waals surface area (Å²) in [6, 6.07) is 17.9. The summed E-state index contributed by atoms with van der Waals surface area (Å²) < 4.78 is 10.7. The number of nitrogens with one attached hydrogen (secondary N) is 1. The normalized spacial score (nSPS) is 16.4. The highest BCUT2D eigenvalue weighted by Crippen LogP contribution is 2.20. The van der Waals surface area contributed by atoms with Crippen molar-refractivity contribution < 1.29 is 23.9 Å². The molecule has 3 rings (SSSR count). The number of carbonyl (C=O) groups is 3. The fourth-order valence-electron chi connectivity index (χ4n) is 3.64. The number of nitrogens with zero attached hydrogens (tertiary/aromatic N) is 1. The number of hydrogen-bond donors (Lipinski definition) is 1. The second-order valence-electron chi connectivity index (χ2n) is 7.86. The number of benzene rings is 2. The SMILES string of the molecule is C[C@H](NCCC(=O)OCc1ccccc1)C(=O)N1CCC[C@H]1C(=O)OCc1ccccc1. The Bertz CT molecular complexity index is 888. The zero-order valence-corrected chi connectivity index (χ0v) is 18.4. The minimum Gasteiger partial charge on any atom is -0.461 e. The summed E-state index contributed by atoms with van der Waals surface area (Å²) >= 11 is 0. The maximum absolute atomic E-state index is 12.9. The van der Waals surface area contributed by atoms with Gasteiger partial charge >= 0.3 is 11.9 Å². The summed E-state index contributed by atoms with van der Waals surface area (Å²) in [6.07, 6.45) is 1.51. The van der Waals surface area contributed by atoms with E-state index in [9.17, 15) is 14.4 Å². The molecule has 2 aromatic carbocycles. The topological polar surface area (TPSA) is 84.9 Å². The van der Waals surface area contributed by atoms with Gasteiger partial charge in [0.2, 0.25) is 5.91 Å². The minimum atomic E-state index is -0.564. The van der Waals surface area contributed by atoms with Crippen molar-refractivity contribution in [2.45, 2.75) is 51.5 Å². The number of rotatable bonds is 10. The fourth-order valence-corrected chi connectivity index (χ4v) is 3.64. The van der Waals surface area contributed by atoms with Gasteiger partial charge in [-0.25, -0.2) is 4.79 Å². The summed E-state index contributed by atoms with van der Waals surface area (Å²) in [4.78, 5) is 38.9. The third-order valence-electron chi connectivity index (χ3n) is 5.42. The summed E-state index contributed by atoms with van der Waals surface area (Å²) in [5.41, 5.74) is 1.84. The van der Waals surface area contributed by atoms with Crippen LogP contribution in [0.2, 0.25) is 0 Å². The molecule has 170 valence electrons. The highest BCUT2D eigenvalue weighted by Gasteiger charge is 2.36. The van der Waals surface area contributed by atoms with Gasteiger partial charge < -0.3 is 19.7 Å². The van der Waals surface area contributed by atoms with E-state index in [2.05, 4.69) is 5.32 Å². The minimum absolute atomic E-state index is 0.160. The van der Waals surface area contributed by atoms with Crippen molar-refractivity contribution >= 4 is 17.8 Å². The molecule has 0 spiro atoms. The van der Waals surface area contributed by atoms with Crippen molar-refractivity contribution in [1.29, 1.82) is 0 Å². The van der Waals surface area contributed by atoms with Crippen molar-refractivity contribution in [2.75, 3.05) is 13.1 Å². The van der Waals surface area contributed by atoms with Crippen molar-refractivity contribution in [3.05, 3.63) is 71.8 Å². The van der Waals surface area contributed by atoms with Crippen molar-refractivity contribution in [3.63, 3.8) is 0 Å². The van der Waals surface area contributed by atoms with Gasteiger partial charge in [-0.05, 0) is 30.9 Å². The Morgan fingerprint density at radius 3 is 2.19 bits per heavy atom. The first-order chi connectivity index (χ1) is 15.5. The number of amides is 1. The number of likely N-dealkylation sites (tertiary alicyclic amines) is 1. The van der Waals surface area contributed by atoms with Crippen LogP contribution in [0.3, 0.4) is 0 Å². The lowest BCUT2D eigenvalue weighted by atomic mass is 10.2. The first-order valence-corrected chi connectivity index (χ1v) is 11.0. The maximum atomic E-state index is 12.9. The van der Waals surface area contributed by atoms with E-state index >= 15 is 0 Å². The first kappa shape index (κ1) is 23.5. The second kappa shape index (κ2) is 12.0. The van der Waals surface area contributed by atoms with Gasteiger partial charge in [0.1, 0.15) is 19.3 Å². The van der Waals surface area contributed by atoms with E-state index in [4.69, 9.17) is 9.47 Å². The standard InChI is InChI=1S/C25H30N2O5/c1-19(26-15-14-23(28)31-17-20-9-4-2-5-10-20)24(29)27-16-8-13-22(27)25(30)32-18-21-11-6-3-7-12-21/h2-7,9-12,19,22,26H,8,13-18H2,1H3/t19-,22-/m0/s1.